The van der Waals surface area contributed by atoms with Crippen LogP contribution in [0.4, 0.5) is 0 Å². The highest BCUT2D eigenvalue weighted by atomic mass is 16.7. The summed E-state index contributed by atoms with van der Waals surface area (Å²) in [4.78, 5) is 101. The van der Waals surface area contributed by atoms with Crippen LogP contribution in [0, 0.1) is 75.5 Å². The molecule has 150 heavy (non-hydrogen) atoms. The fraction of sp³-hybridized carbons (Fsp3) is 0.412. The fourth-order valence-electron chi connectivity index (χ4n) is 27.2. The smallest absolute Gasteiger partial charge is 0.261 e. The van der Waals surface area contributed by atoms with Crippen LogP contribution in [0.5, 0.6) is 86.2 Å². The summed E-state index contributed by atoms with van der Waals surface area (Å²) in [5, 5.41) is 44.9. The van der Waals surface area contributed by atoms with Gasteiger partial charge >= 0.3 is 0 Å². The van der Waals surface area contributed by atoms with E-state index >= 15 is 0 Å². The summed E-state index contributed by atoms with van der Waals surface area (Å²) in [7, 11) is 15.7. The lowest BCUT2D eigenvalue weighted by Gasteiger charge is -2.60. The van der Waals surface area contributed by atoms with Crippen molar-refractivity contribution >= 4 is 35.4 Å². The molecule has 15 aliphatic rings. The van der Waals surface area contributed by atoms with E-state index in [0.29, 0.717) is 169 Å². The Bertz CT molecular complexity index is 6940. The molecule has 36 nitrogen and oxygen atoms in total. The molecule has 9 aromatic rings. The number of phenols is 1. The Morgan fingerprint density at radius 2 is 0.620 bits per heavy atom. The van der Waals surface area contributed by atoms with Gasteiger partial charge in [-0.1, -0.05) is 79.9 Å². The molecule has 6 unspecified atom stereocenters. The van der Waals surface area contributed by atoms with Crippen molar-refractivity contribution in [3.05, 3.63) is 250 Å². The van der Waals surface area contributed by atoms with Crippen LogP contribution in [0.25, 0.3) is 0 Å². The highest BCUT2D eigenvalue weighted by molar-refractivity contribution is 6.23. The van der Waals surface area contributed by atoms with Crippen molar-refractivity contribution in [3.8, 4) is 104 Å². The Kier molecular flexibility index (Phi) is 26.0. The van der Waals surface area contributed by atoms with Gasteiger partial charge in [-0.3, -0.25) is 72.9 Å². The molecule has 0 aliphatic carbocycles. The van der Waals surface area contributed by atoms with Gasteiger partial charge < -0.3 is 85.6 Å². The molecule has 0 radical (unpaired) electrons. The molecule has 6 bridgehead atoms. The molecule has 776 valence electrons. The van der Waals surface area contributed by atoms with E-state index in [1.54, 1.807) is 135 Å². The van der Waals surface area contributed by atoms with Crippen LogP contribution in [0.15, 0.2) is 116 Å². The lowest BCUT2D eigenvalue weighted by molar-refractivity contribution is -0.0766. The third-order valence-electron chi connectivity index (χ3n) is 33.1. The number of carbonyl (C=O) groups excluding carboxylic acids is 6. The number of hydrogen-bond acceptors (Lipinski definition) is 33. The molecule has 15 aliphatic heterocycles. The number of amides is 6. The molecule has 36 heteroatoms. The van der Waals surface area contributed by atoms with Crippen molar-refractivity contribution < 1.29 is 114 Å². The molecular formula is C114H116N12O24. The Morgan fingerprint density at radius 1 is 0.353 bits per heavy atom. The number of fused-ring (bicyclic) bond motifs is 30. The topological polar surface area (TPSA) is 380 Å². The minimum Gasteiger partial charge on any atom is -0.507 e. The number of hydrogen-bond donors (Lipinski definition) is 1. The van der Waals surface area contributed by atoms with Crippen molar-refractivity contribution in [3.63, 3.8) is 0 Å². The standard InChI is InChI=1S/2C39H40N4O8.C36H36N4O8/c2*1-7-12-48-34-21(3)35-37(51-19-50-35)31-25(34)15-27-32-30-22(13-20(2)33(47-6)36(30)49-18-46-5)14-26(41(32)4)28(16-40)43(27)29(31)17-42-38(44)23-10-8-9-11-24(23)39(42)45;1-17-10-19-11-23-25(13-37)40-24(29(38(23)3)27(19)33(31(17)45-5)46-15-44-4)12-22-28(34-32(47-16-48-34)18(2)30(22)41)26(40)14-39-35(42)20-8-6-7-9-21(20)36(39)43/h2*7-11,13,26-29,32H,1,12,14-15,17-19H2,2-6H3;6-10,23-26,29,41H,11-12,14-16H2,1-5H3/t2*26-,27?,28?,29-,32-;23-,24?,25?,26-,29-/m000/s1. The molecule has 24 rings (SSSR count). The molecule has 3 saturated heterocycles. The van der Waals surface area contributed by atoms with Gasteiger partial charge in [0.05, 0.1) is 109 Å². The van der Waals surface area contributed by atoms with E-state index < -0.39 is 48.1 Å². The van der Waals surface area contributed by atoms with Crippen LogP contribution in [0.3, 0.4) is 0 Å². The number of carbonyl (C=O) groups is 6. The minimum absolute atomic E-state index is 0.00590. The summed E-state index contributed by atoms with van der Waals surface area (Å²) in [6.45, 7) is 19.9. The number of nitrogens with zero attached hydrogens (tertiary/aromatic N) is 12. The predicted octanol–water partition coefficient (Wildman–Crippen LogP) is 13.1. The number of benzene rings is 9. The van der Waals surface area contributed by atoms with Gasteiger partial charge in [0.15, 0.2) is 89.4 Å². The van der Waals surface area contributed by atoms with E-state index in [1.807, 2.05) is 41.7 Å². The summed E-state index contributed by atoms with van der Waals surface area (Å²) in [5.41, 5.74) is 17.7. The van der Waals surface area contributed by atoms with E-state index in [9.17, 15) is 49.7 Å². The number of rotatable bonds is 24. The number of aromatic hydroxyl groups is 1. The zero-order valence-electron chi connectivity index (χ0n) is 86.1. The van der Waals surface area contributed by atoms with Gasteiger partial charge in [0.2, 0.25) is 20.4 Å². The zero-order chi connectivity index (χ0) is 105. The Hall–Kier alpha value is -15.0. The number of ether oxygens (including phenoxy) is 17. The Labute approximate surface area is 867 Å². The quantitative estimate of drug-likeness (QED) is 0.0333. The first-order chi connectivity index (χ1) is 72.7. The molecule has 3 fully saturated rings. The molecule has 1 N–H and O–H groups in total. The zero-order valence-corrected chi connectivity index (χ0v) is 86.1. The molecular weight excluding hydrogens is 1920 g/mol. The van der Waals surface area contributed by atoms with Crippen molar-refractivity contribution in [1.82, 2.24) is 44.1 Å². The van der Waals surface area contributed by atoms with Gasteiger partial charge in [-0.25, -0.2) is 0 Å². The Balaban J connectivity index is 0.000000127. The average molecular weight is 2040 g/mol. The summed E-state index contributed by atoms with van der Waals surface area (Å²) < 4.78 is 102. The maximum atomic E-state index is 13.9. The summed E-state index contributed by atoms with van der Waals surface area (Å²) >= 11 is 0. The molecule has 9 aromatic carbocycles. The van der Waals surface area contributed by atoms with Gasteiger partial charge in [0.25, 0.3) is 35.4 Å². The molecule has 15 heterocycles. The van der Waals surface area contributed by atoms with Crippen LogP contribution < -0.4 is 66.3 Å². The second-order valence-corrected chi connectivity index (χ2v) is 40.4. The average Bonchev–Trinajstić information content (AvgIpc) is 1.35. The lowest BCUT2D eigenvalue weighted by atomic mass is 9.71. The van der Waals surface area contributed by atoms with Crippen LogP contribution in [0.2, 0.25) is 0 Å². The first-order valence-electron chi connectivity index (χ1n) is 50.2. The minimum atomic E-state index is -0.691. The summed E-state index contributed by atoms with van der Waals surface area (Å²) in [5.74, 6) is 5.87. The van der Waals surface area contributed by atoms with E-state index in [2.05, 4.69) is 93.1 Å². The van der Waals surface area contributed by atoms with Gasteiger partial charge in [-0.2, -0.15) is 15.8 Å². The van der Waals surface area contributed by atoms with E-state index in [1.165, 1.54) is 14.7 Å². The highest BCUT2D eigenvalue weighted by Crippen LogP contribution is 2.65. The van der Waals surface area contributed by atoms with Crippen molar-refractivity contribution in [2.24, 2.45) is 0 Å². The first kappa shape index (κ1) is 99.6. The number of piperazine rings is 3. The first-order valence-corrected chi connectivity index (χ1v) is 50.2. The van der Waals surface area contributed by atoms with Crippen molar-refractivity contribution in [2.45, 2.75) is 171 Å². The van der Waals surface area contributed by atoms with E-state index in [-0.39, 0.29) is 157 Å². The normalized spacial score (nSPS) is 24.6. The molecule has 6 amide bonds. The third-order valence-corrected chi connectivity index (χ3v) is 33.1. The number of methoxy groups -OCH3 is 6. The predicted molar refractivity (Wildman–Crippen MR) is 539 cm³/mol. The Morgan fingerprint density at radius 3 is 0.887 bits per heavy atom. The number of likely N-dealkylation sites (N-methyl/N-ethyl adjacent to an activating group) is 3. The molecule has 0 spiro atoms. The SMILES string of the molecule is C=CCOc1c(C)c2c(c3c1CC1[C@H]4c5c(cc(C)c(OC)c5OCOC)C[C@@H](C(C#N)N1[C@H]3CN1C(=O)c3ccccc3C1=O)N4C)OCO2.C=CCOc1c(C)c2c(c3c1CC1[C@H]4c5c(cc(C)c(OC)c5OCOC)C[C@@H](C(C#N)N1[C@H]3CN1C(=O)c3ccccc3C1=O)N4C)OCO2.COCOc1c(OC)c(C)cc2c1[C@@H]1C3Cc4c(O)c(C)c5c(c4[C@H](CN4C(=O)c6ccccc6C4=O)N3C(C#N)[C@H](C2)N1C)OCO5. The van der Waals surface area contributed by atoms with Crippen molar-refractivity contribution in [1.29, 1.82) is 15.8 Å². The largest absolute Gasteiger partial charge is 0.507 e. The third kappa shape index (κ3) is 15.1. The fourth-order valence-corrected chi connectivity index (χ4v) is 27.2. The monoisotopic (exact) mass is 2040 g/mol. The summed E-state index contributed by atoms with van der Waals surface area (Å²) in [6, 6.07) is 28.5. The van der Waals surface area contributed by atoms with Crippen LogP contribution >= 0.6 is 0 Å². The van der Waals surface area contributed by atoms with E-state index in [0.717, 1.165) is 83.5 Å². The second kappa shape index (κ2) is 39.2. The van der Waals surface area contributed by atoms with E-state index in [4.69, 9.17) is 80.5 Å². The van der Waals surface area contributed by atoms with Crippen molar-refractivity contribution in [2.75, 3.05) is 137 Å². The maximum absolute atomic E-state index is 13.9. The van der Waals surface area contributed by atoms with Gasteiger partial charge in [0.1, 0.15) is 48.6 Å². The van der Waals surface area contributed by atoms with Gasteiger partial charge in [-0.15, -0.1) is 0 Å². The molecule has 0 aromatic heterocycles. The van der Waals surface area contributed by atoms with Gasteiger partial charge in [-0.05, 0) is 171 Å². The lowest BCUT2D eigenvalue weighted by Crippen LogP contribution is -2.69. The number of phenolic OH excluding ortho intramolecular Hbond substituents is 1. The summed E-state index contributed by atoms with van der Waals surface area (Å²) in [6.07, 6.45) is 6.38. The number of imide groups is 3. The van der Waals surface area contributed by atoms with Crippen LogP contribution in [-0.2, 0) is 52.7 Å². The van der Waals surface area contributed by atoms with Crippen LogP contribution in [0.1, 0.15) is 199 Å². The van der Waals surface area contributed by atoms with Crippen LogP contribution in [-0.4, -0.2) is 276 Å². The number of nitriles is 3. The van der Waals surface area contributed by atoms with Gasteiger partial charge in [0, 0.05) is 144 Å². The number of aryl methyl sites for hydroxylation is 3. The highest BCUT2D eigenvalue weighted by Gasteiger charge is 2.64. The molecule has 0 saturated carbocycles. The molecule has 15 atom stereocenters. The second-order valence-electron chi connectivity index (χ2n) is 40.4. The maximum Gasteiger partial charge on any atom is 0.261 e.